The molecule has 0 saturated heterocycles. The van der Waals surface area contributed by atoms with Gasteiger partial charge in [0.25, 0.3) is 10.0 Å². The number of nitrogens with one attached hydrogen (secondary N) is 1. The molecule has 1 aromatic heterocycles. The summed E-state index contributed by atoms with van der Waals surface area (Å²) in [5.41, 5.74) is 0.0729. The minimum atomic E-state index is -3.99. The number of rotatable bonds is 3. The van der Waals surface area contributed by atoms with Crippen LogP contribution in [0.2, 0.25) is 5.02 Å². The van der Waals surface area contributed by atoms with E-state index in [9.17, 15) is 12.8 Å². The number of aromatic hydroxyl groups is 1. The maximum Gasteiger partial charge on any atom is 0.263 e. The first-order valence-corrected chi connectivity index (χ1v) is 6.86. The molecule has 0 aliphatic heterocycles. The van der Waals surface area contributed by atoms with Gasteiger partial charge in [-0.3, -0.25) is 9.71 Å². The first-order valence-electron chi connectivity index (χ1n) is 5.00. The summed E-state index contributed by atoms with van der Waals surface area (Å²) in [5, 5.41) is 9.19. The zero-order valence-corrected chi connectivity index (χ0v) is 10.9. The van der Waals surface area contributed by atoms with Gasteiger partial charge in [-0.2, -0.15) is 0 Å². The first-order chi connectivity index (χ1) is 8.88. The van der Waals surface area contributed by atoms with E-state index in [0.717, 1.165) is 18.5 Å². The van der Waals surface area contributed by atoms with Gasteiger partial charge in [-0.25, -0.2) is 12.8 Å². The summed E-state index contributed by atoms with van der Waals surface area (Å²) in [6.07, 6.45) is 1.91. The van der Waals surface area contributed by atoms with Crippen LogP contribution in [-0.2, 0) is 10.0 Å². The van der Waals surface area contributed by atoms with Gasteiger partial charge in [-0.15, -0.1) is 0 Å². The van der Waals surface area contributed by atoms with Gasteiger partial charge in [0.1, 0.15) is 16.5 Å². The van der Waals surface area contributed by atoms with E-state index in [4.69, 9.17) is 16.7 Å². The van der Waals surface area contributed by atoms with E-state index in [0.29, 0.717) is 0 Å². The fourth-order valence-electron chi connectivity index (χ4n) is 1.33. The average molecular weight is 303 g/mol. The summed E-state index contributed by atoms with van der Waals surface area (Å²) in [6.45, 7) is 0. The normalized spacial score (nSPS) is 11.3. The van der Waals surface area contributed by atoms with Crippen LogP contribution < -0.4 is 4.72 Å². The molecule has 5 nitrogen and oxygen atoms in total. The van der Waals surface area contributed by atoms with E-state index in [2.05, 4.69) is 9.71 Å². The molecule has 0 radical (unpaired) electrons. The Kier molecular flexibility index (Phi) is 3.59. The monoisotopic (exact) mass is 302 g/mol. The molecule has 1 heterocycles. The van der Waals surface area contributed by atoms with Crippen LogP contribution in [0, 0.1) is 5.82 Å². The van der Waals surface area contributed by atoms with E-state index >= 15 is 0 Å². The molecule has 19 heavy (non-hydrogen) atoms. The standard InChI is InChI=1S/C11H8ClFN2O3S/c12-10-4-8(16)1-2-11(10)15-19(17,18)9-3-7(13)5-14-6-9/h1-6,15-16H. The second-order valence-corrected chi connectivity index (χ2v) is 5.70. The highest BCUT2D eigenvalue weighted by Gasteiger charge is 2.17. The molecule has 0 saturated carbocycles. The van der Waals surface area contributed by atoms with Crippen molar-refractivity contribution in [2.75, 3.05) is 4.72 Å². The van der Waals surface area contributed by atoms with Crippen molar-refractivity contribution in [3.05, 3.63) is 47.5 Å². The van der Waals surface area contributed by atoms with Crippen molar-refractivity contribution in [1.82, 2.24) is 4.98 Å². The lowest BCUT2D eigenvalue weighted by molar-refractivity contribution is 0.475. The number of hydrogen-bond donors (Lipinski definition) is 2. The lowest BCUT2D eigenvalue weighted by Gasteiger charge is -2.09. The molecule has 0 fully saturated rings. The maximum absolute atomic E-state index is 13.0. The Bertz CT molecular complexity index is 722. The molecule has 1 aromatic carbocycles. The van der Waals surface area contributed by atoms with Crippen LogP contribution in [0.4, 0.5) is 10.1 Å². The van der Waals surface area contributed by atoms with Crippen molar-refractivity contribution in [2.45, 2.75) is 4.90 Å². The average Bonchev–Trinajstić information content (AvgIpc) is 2.33. The number of hydrogen-bond acceptors (Lipinski definition) is 4. The van der Waals surface area contributed by atoms with Crippen LogP contribution in [0.15, 0.2) is 41.6 Å². The number of anilines is 1. The van der Waals surface area contributed by atoms with Crippen molar-refractivity contribution < 1.29 is 17.9 Å². The van der Waals surface area contributed by atoms with E-state index < -0.39 is 15.8 Å². The molecule has 0 unspecified atom stereocenters. The quantitative estimate of drug-likeness (QED) is 0.853. The van der Waals surface area contributed by atoms with Crippen LogP contribution in [0.3, 0.4) is 0 Å². The second kappa shape index (κ2) is 5.02. The van der Waals surface area contributed by atoms with E-state index in [-0.39, 0.29) is 21.4 Å². The van der Waals surface area contributed by atoms with Crippen LogP contribution in [-0.4, -0.2) is 18.5 Å². The number of phenolic OH excluding ortho intramolecular Hbond substituents is 1. The van der Waals surface area contributed by atoms with Gasteiger partial charge >= 0.3 is 0 Å². The van der Waals surface area contributed by atoms with E-state index in [1.807, 2.05) is 0 Å². The Hall–Kier alpha value is -1.86. The lowest BCUT2D eigenvalue weighted by Crippen LogP contribution is -2.13. The van der Waals surface area contributed by atoms with E-state index in [1.165, 1.54) is 18.2 Å². The van der Waals surface area contributed by atoms with Crippen molar-refractivity contribution in [2.24, 2.45) is 0 Å². The van der Waals surface area contributed by atoms with Gasteiger partial charge in [0.15, 0.2) is 0 Å². The van der Waals surface area contributed by atoms with Crippen LogP contribution in [0.5, 0.6) is 5.75 Å². The van der Waals surface area contributed by atoms with Crippen molar-refractivity contribution in [1.29, 1.82) is 0 Å². The van der Waals surface area contributed by atoms with Crippen LogP contribution >= 0.6 is 11.6 Å². The third-order valence-corrected chi connectivity index (χ3v) is 3.83. The lowest BCUT2D eigenvalue weighted by atomic mass is 10.3. The molecular weight excluding hydrogens is 295 g/mol. The molecule has 2 N–H and O–H groups in total. The maximum atomic E-state index is 13.0. The third kappa shape index (κ3) is 3.12. The topological polar surface area (TPSA) is 79.3 Å². The molecule has 2 aromatic rings. The predicted molar refractivity (Wildman–Crippen MR) is 68.1 cm³/mol. The molecule has 0 aliphatic carbocycles. The fraction of sp³-hybridized carbons (Fsp3) is 0. The molecule has 100 valence electrons. The van der Waals surface area contributed by atoms with Gasteiger partial charge in [-0.05, 0) is 18.2 Å². The number of phenols is 1. The summed E-state index contributed by atoms with van der Waals surface area (Å²) >= 11 is 5.78. The Morgan fingerprint density at radius 1 is 1.26 bits per heavy atom. The molecule has 0 bridgehead atoms. The molecular formula is C11H8ClFN2O3S. The Morgan fingerprint density at radius 3 is 2.63 bits per heavy atom. The Labute approximate surface area is 113 Å². The molecule has 0 amide bonds. The molecule has 0 atom stereocenters. The number of halogens is 2. The van der Waals surface area contributed by atoms with E-state index in [1.54, 1.807) is 0 Å². The van der Waals surface area contributed by atoms with Crippen LogP contribution in [0.1, 0.15) is 0 Å². The summed E-state index contributed by atoms with van der Waals surface area (Å²) in [6, 6.07) is 4.59. The van der Waals surface area contributed by atoms with Crippen molar-refractivity contribution >= 4 is 27.3 Å². The second-order valence-electron chi connectivity index (χ2n) is 3.61. The van der Waals surface area contributed by atoms with Crippen molar-refractivity contribution in [3.63, 3.8) is 0 Å². The summed E-state index contributed by atoms with van der Waals surface area (Å²) < 4.78 is 39.0. The zero-order valence-electron chi connectivity index (χ0n) is 9.34. The molecule has 0 spiro atoms. The summed E-state index contributed by atoms with van der Waals surface area (Å²) in [5.74, 6) is -0.861. The number of aromatic nitrogens is 1. The third-order valence-electron chi connectivity index (χ3n) is 2.19. The Balaban J connectivity index is 2.36. The van der Waals surface area contributed by atoms with Crippen LogP contribution in [0.25, 0.3) is 0 Å². The minimum absolute atomic E-state index is 0.0212. The number of benzene rings is 1. The van der Waals surface area contributed by atoms with Gasteiger partial charge in [-0.1, -0.05) is 11.6 Å². The minimum Gasteiger partial charge on any atom is -0.508 e. The fourth-order valence-corrected chi connectivity index (χ4v) is 2.66. The number of nitrogens with zero attached hydrogens (tertiary/aromatic N) is 1. The number of sulfonamides is 1. The number of pyridine rings is 1. The molecule has 8 heteroatoms. The Morgan fingerprint density at radius 2 is 2.00 bits per heavy atom. The smallest absolute Gasteiger partial charge is 0.263 e. The molecule has 0 aliphatic rings. The van der Waals surface area contributed by atoms with Gasteiger partial charge < -0.3 is 5.11 Å². The van der Waals surface area contributed by atoms with Crippen molar-refractivity contribution in [3.8, 4) is 5.75 Å². The van der Waals surface area contributed by atoms with Gasteiger partial charge in [0.2, 0.25) is 0 Å². The first kappa shape index (κ1) is 13.6. The SMILES string of the molecule is O=S(=O)(Nc1ccc(O)cc1Cl)c1cncc(F)c1. The summed E-state index contributed by atoms with van der Waals surface area (Å²) in [7, 11) is -3.99. The van der Waals surface area contributed by atoms with Gasteiger partial charge in [0.05, 0.1) is 16.9 Å². The highest BCUT2D eigenvalue weighted by Crippen LogP contribution is 2.27. The predicted octanol–water partition coefficient (Wildman–Crippen LogP) is 2.38. The zero-order chi connectivity index (χ0) is 14.0. The molecule has 2 rings (SSSR count). The summed E-state index contributed by atoms with van der Waals surface area (Å²) in [4.78, 5) is 3.14. The highest BCUT2D eigenvalue weighted by molar-refractivity contribution is 7.92. The largest absolute Gasteiger partial charge is 0.508 e. The highest BCUT2D eigenvalue weighted by atomic mass is 35.5. The van der Waals surface area contributed by atoms with Gasteiger partial charge in [0, 0.05) is 12.3 Å².